The van der Waals surface area contributed by atoms with E-state index in [1.54, 1.807) is 24.3 Å². The molecule has 4 aliphatic rings. The average Bonchev–Trinajstić information content (AvgIpc) is 3.07. The van der Waals surface area contributed by atoms with Crippen LogP contribution in [0.3, 0.4) is 0 Å². The van der Waals surface area contributed by atoms with Gasteiger partial charge in [-0.15, -0.1) is 0 Å². The zero-order valence-corrected chi connectivity index (χ0v) is 18.7. The second-order valence-corrected chi connectivity index (χ2v) is 10.7. The summed E-state index contributed by atoms with van der Waals surface area (Å²) in [4.78, 5) is 27.0. The summed E-state index contributed by atoms with van der Waals surface area (Å²) in [5.41, 5.74) is 0.212. The average molecular weight is 425 g/mol. The highest BCUT2D eigenvalue weighted by atomic mass is 19.1. The fourth-order valence-electron chi connectivity index (χ4n) is 7.86. The third kappa shape index (κ3) is 2.99. The van der Waals surface area contributed by atoms with Crippen LogP contribution < -0.4 is 5.32 Å². The molecule has 166 valence electrons. The van der Waals surface area contributed by atoms with Gasteiger partial charge in [0.2, 0.25) is 5.91 Å². The predicted molar refractivity (Wildman–Crippen MR) is 118 cm³/mol. The fourth-order valence-corrected chi connectivity index (χ4v) is 7.86. The van der Waals surface area contributed by atoms with E-state index < -0.39 is 5.82 Å². The van der Waals surface area contributed by atoms with Gasteiger partial charge in [-0.05, 0) is 79.9 Å². The van der Waals surface area contributed by atoms with Crippen LogP contribution in [0.25, 0.3) is 0 Å². The Kier molecular flexibility index (Phi) is 4.80. The molecule has 2 amide bonds. The van der Waals surface area contributed by atoms with Crippen LogP contribution in [0.1, 0.15) is 62.7 Å². The normalized spacial score (nSPS) is 41.4. The van der Waals surface area contributed by atoms with Gasteiger partial charge < -0.3 is 10.2 Å². The smallest absolute Gasteiger partial charge is 0.254 e. The number of carbonyl (C=O) groups is 2. The summed E-state index contributed by atoms with van der Waals surface area (Å²) in [5.74, 6) is 1.11. The maximum Gasteiger partial charge on any atom is 0.254 e. The summed E-state index contributed by atoms with van der Waals surface area (Å²) in [6.45, 7) is 4.69. The van der Waals surface area contributed by atoms with Crippen molar-refractivity contribution in [3.05, 3.63) is 47.8 Å². The number of carbonyl (C=O) groups excluding carboxylic acids is 2. The highest BCUT2D eigenvalue weighted by Crippen LogP contribution is 2.63. The summed E-state index contributed by atoms with van der Waals surface area (Å²) in [6, 6.07) is 6.60. The lowest BCUT2D eigenvalue weighted by atomic mass is 9.48. The van der Waals surface area contributed by atoms with Gasteiger partial charge >= 0.3 is 0 Å². The van der Waals surface area contributed by atoms with E-state index in [1.807, 2.05) is 11.9 Å². The lowest BCUT2D eigenvalue weighted by Gasteiger charge is -2.60. The van der Waals surface area contributed by atoms with Gasteiger partial charge in [0.1, 0.15) is 5.82 Å². The summed E-state index contributed by atoms with van der Waals surface area (Å²) in [5, 5.41) is 3.20. The van der Waals surface area contributed by atoms with Crippen molar-refractivity contribution in [2.75, 3.05) is 7.05 Å². The lowest BCUT2D eigenvalue weighted by Crippen LogP contribution is -2.60. The first kappa shape index (κ1) is 20.7. The molecule has 0 spiro atoms. The Morgan fingerprint density at radius 1 is 1.10 bits per heavy atom. The highest BCUT2D eigenvalue weighted by molar-refractivity contribution is 5.94. The number of hydrogen-bond donors (Lipinski definition) is 1. The van der Waals surface area contributed by atoms with Crippen LogP contribution in [0.4, 0.5) is 4.39 Å². The van der Waals surface area contributed by atoms with E-state index in [0.717, 1.165) is 38.5 Å². The van der Waals surface area contributed by atoms with Crippen molar-refractivity contribution in [3.8, 4) is 0 Å². The molecule has 0 bridgehead atoms. The molecule has 1 N–H and O–H groups in total. The van der Waals surface area contributed by atoms with Crippen LogP contribution in [-0.4, -0.2) is 35.8 Å². The van der Waals surface area contributed by atoms with Gasteiger partial charge in [0, 0.05) is 24.5 Å². The van der Waals surface area contributed by atoms with E-state index in [-0.39, 0.29) is 40.3 Å². The van der Waals surface area contributed by atoms with Crippen molar-refractivity contribution in [2.45, 2.75) is 64.5 Å². The van der Waals surface area contributed by atoms with Crippen LogP contribution in [-0.2, 0) is 4.79 Å². The fraction of sp³-hybridized carbons (Fsp3) is 0.615. The van der Waals surface area contributed by atoms with Crippen LogP contribution in [0.2, 0.25) is 0 Å². The molecule has 1 aromatic carbocycles. The second kappa shape index (κ2) is 7.18. The molecule has 1 heterocycles. The van der Waals surface area contributed by atoms with Gasteiger partial charge in [0.05, 0.1) is 5.56 Å². The Bertz CT molecular complexity index is 945. The topological polar surface area (TPSA) is 49.4 Å². The Hall–Kier alpha value is -2.17. The van der Waals surface area contributed by atoms with E-state index in [1.165, 1.54) is 6.07 Å². The minimum Gasteiger partial charge on any atom is -0.349 e. The monoisotopic (exact) mass is 424 g/mol. The van der Waals surface area contributed by atoms with Gasteiger partial charge in [-0.25, -0.2) is 4.39 Å². The lowest BCUT2D eigenvalue weighted by molar-refractivity contribution is -0.138. The summed E-state index contributed by atoms with van der Waals surface area (Å²) in [7, 11) is 1.95. The first-order chi connectivity index (χ1) is 14.8. The Morgan fingerprint density at radius 2 is 1.87 bits per heavy atom. The number of hydrogen-bond acceptors (Lipinski definition) is 2. The van der Waals surface area contributed by atoms with E-state index >= 15 is 0 Å². The largest absolute Gasteiger partial charge is 0.349 e. The first-order valence-electron chi connectivity index (χ1n) is 11.8. The number of amides is 2. The van der Waals surface area contributed by atoms with E-state index in [9.17, 15) is 14.0 Å². The van der Waals surface area contributed by atoms with Crippen LogP contribution in [0.5, 0.6) is 0 Å². The highest BCUT2D eigenvalue weighted by Gasteiger charge is 2.60. The predicted octanol–water partition coefficient (Wildman–Crippen LogP) is 4.56. The van der Waals surface area contributed by atoms with Gasteiger partial charge in [-0.2, -0.15) is 0 Å². The molecule has 0 saturated heterocycles. The molecule has 0 unspecified atom stereocenters. The Labute approximate surface area is 184 Å². The van der Waals surface area contributed by atoms with E-state index in [2.05, 4.69) is 25.2 Å². The minimum absolute atomic E-state index is 0.0292. The first-order valence-corrected chi connectivity index (χ1v) is 11.8. The van der Waals surface area contributed by atoms with Crippen molar-refractivity contribution < 1.29 is 14.0 Å². The van der Waals surface area contributed by atoms with Gasteiger partial charge in [-0.3, -0.25) is 9.59 Å². The van der Waals surface area contributed by atoms with E-state index in [0.29, 0.717) is 17.8 Å². The number of fused-ring (bicyclic) bond motifs is 5. The quantitative estimate of drug-likeness (QED) is 0.756. The molecule has 31 heavy (non-hydrogen) atoms. The molecular weight excluding hydrogens is 391 g/mol. The molecule has 3 saturated carbocycles. The zero-order chi connectivity index (χ0) is 22.0. The molecule has 7 atom stereocenters. The third-order valence-electron chi connectivity index (χ3n) is 9.55. The molecule has 0 aromatic heterocycles. The van der Waals surface area contributed by atoms with Crippen molar-refractivity contribution in [3.63, 3.8) is 0 Å². The van der Waals surface area contributed by atoms with Gasteiger partial charge in [0.25, 0.3) is 5.91 Å². The molecule has 3 fully saturated rings. The van der Waals surface area contributed by atoms with Gasteiger partial charge in [-0.1, -0.05) is 32.1 Å². The van der Waals surface area contributed by atoms with E-state index in [4.69, 9.17) is 0 Å². The number of nitrogens with zero attached hydrogens (tertiary/aromatic N) is 1. The van der Waals surface area contributed by atoms with Crippen molar-refractivity contribution >= 4 is 11.8 Å². The summed E-state index contributed by atoms with van der Waals surface area (Å²) < 4.78 is 14.1. The maximum absolute atomic E-state index is 14.1. The molecule has 5 heteroatoms. The molecule has 1 aromatic rings. The SMILES string of the molecule is CN1C(=O)C=C[C@]2(C)[C@H]3CC[C@]4(C)[C@@H](NC(=O)c5ccccc5F)CC[C@H]4[C@@H]3CC[C@@H]12. The molecule has 1 aliphatic heterocycles. The maximum atomic E-state index is 14.1. The second-order valence-electron chi connectivity index (χ2n) is 10.7. The molecule has 0 radical (unpaired) electrons. The van der Waals surface area contributed by atoms with Crippen molar-refractivity contribution in [2.24, 2.45) is 28.6 Å². The third-order valence-corrected chi connectivity index (χ3v) is 9.55. The van der Waals surface area contributed by atoms with Gasteiger partial charge in [0.15, 0.2) is 0 Å². The number of halogens is 1. The molecule has 5 rings (SSSR count). The molecule has 3 aliphatic carbocycles. The van der Waals surface area contributed by atoms with Crippen LogP contribution >= 0.6 is 0 Å². The molecular formula is C26H33FN2O2. The Balaban J connectivity index is 1.37. The van der Waals surface area contributed by atoms with Crippen LogP contribution in [0, 0.1) is 34.4 Å². The number of benzene rings is 1. The number of likely N-dealkylation sites (N-methyl/N-ethyl adjacent to an activating group) is 1. The van der Waals surface area contributed by atoms with Crippen molar-refractivity contribution in [1.82, 2.24) is 10.2 Å². The minimum atomic E-state index is -0.461. The zero-order valence-electron chi connectivity index (χ0n) is 18.7. The molecule has 4 nitrogen and oxygen atoms in total. The number of rotatable bonds is 2. The number of nitrogens with one attached hydrogen (secondary N) is 1. The van der Waals surface area contributed by atoms with Crippen molar-refractivity contribution in [1.29, 1.82) is 0 Å². The standard InChI is InChI=1S/C26H33FN2O2/c1-25-14-12-19-16(8-11-22-26(19,2)15-13-23(30)29(22)3)18(25)9-10-21(25)28-24(31)17-6-4-5-7-20(17)27/h4-7,13,15-16,18-19,21-22H,8-12,14H2,1-3H3,(H,28,31)/t16-,18-,19-,21-,22+,25-,26+/m0/s1. The Morgan fingerprint density at radius 3 is 2.65 bits per heavy atom. The van der Waals surface area contributed by atoms with Crippen LogP contribution in [0.15, 0.2) is 36.4 Å². The summed E-state index contributed by atoms with van der Waals surface area (Å²) in [6.07, 6.45) is 10.4. The summed E-state index contributed by atoms with van der Waals surface area (Å²) >= 11 is 0.